The van der Waals surface area contributed by atoms with Gasteiger partial charge in [0.15, 0.2) is 0 Å². The average Bonchev–Trinajstić information content (AvgIpc) is 2.88. The molecule has 0 bridgehead atoms. The SMILES string of the molecule is Cc1cc(O)cc(=O)n1[C@@H](Cc1c[nH]c2ccccc12)C(=O)O. The lowest BCUT2D eigenvalue weighted by atomic mass is 10.0. The Morgan fingerprint density at radius 2 is 2.04 bits per heavy atom. The first-order valence-electron chi connectivity index (χ1n) is 7.17. The summed E-state index contributed by atoms with van der Waals surface area (Å²) in [7, 11) is 0. The number of H-pyrrole nitrogens is 1. The lowest BCUT2D eigenvalue weighted by molar-refractivity contribution is -0.141. The van der Waals surface area contributed by atoms with Crippen LogP contribution in [0.1, 0.15) is 17.3 Å². The van der Waals surface area contributed by atoms with Crippen molar-refractivity contribution in [1.29, 1.82) is 0 Å². The van der Waals surface area contributed by atoms with Gasteiger partial charge in [0, 0.05) is 35.3 Å². The second-order valence-electron chi connectivity index (χ2n) is 5.48. The Morgan fingerprint density at radius 1 is 1.30 bits per heavy atom. The van der Waals surface area contributed by atoms with Gasteiger partial charge in [-0.05, 0) is 24.6 Å². The van der Waals surface area contributed by atoms with Gasteiger partial charge in [0.25, 0.3) is 5.56 Å². The first-order valence-corrected chi connectivity index (χ1v) is 7.17. The Hall–Kier alpha value is -3.02. The molecular weight excluding hydrogens is 296 g/mol. The Morgan fingerprint density at radius 3 is 2.74 bits per heavy atom. The number of aromatic amines is 1. The fourth-order valence-corrected chi connectivity index (χ4v) is 2.89. The maximum Gasteiger partial charge on any atom is 0.327 e. The van der Waals surface area contributed by atoms with E-state index in [-0.39, 0.29) is 12.2 Å². The number of hydrogen-bond acceptors (Lipinski definition) is 3. The highest BCUT2D eigenvalue weighted by atomic mass is 16.4. The molecule has 0 aliphatic carbocycles. The molecule has 23 heavy (non-hydrogen) atoms. The highest BCUT2D eigenvalue weighted by Crippen LogP contribution is 2.23. The molecule has 0 saturated carbocycles. The van der Waals surface area contributed by atoms with Crippen LogP contribution in [0.15, 0.2) is 47.4 Å². The van der Waals surface area contributed by atoms with Gasteiger partial charge in [-0.1, -0.05) is 18.2 Å². The molecule has 6 heteroatoms. The summed E-state index contributed by atoms with van der Waals surface area (Å²) in [5, 5.41) is 20.0. The molecule has 2 aromatic heterocycles. The van der Waals surface area contributed by atoms with Gasteiger partial charge in [-0.15, -0.1) is 0 Å². The van der Waals surface area contributed by atoms with Crippen LogP contribution in [-0.2, 0) is 11.2 Å². The minimum Gasteiger partial charge on any atom is -0.508 e. The van der Waals surface area contributed by atoms with Gasteiger partial charge in [-0.2, -0.15) is 0 Å². The maximum absolute atomic E-state index is 12.1. The van der Waals surface area contributed by atoms with E-state index in [0.29, 0.717) is 5.69 Å². The summed E-state index contributed by atoms with van der Waals surface area (Å²) < 4.78 is 1.20. The van der Waals surface area contributed by atoms with E-state index in [2.05, 4.69) is 4.98 Å². The standard InChI is InChI=1S/C17H16N2O4/c1-10-6-12(20)8-16(21)19(10)15(17(22)23)7-11-9-18-14-5-3-2-4-13(11)14/h2-6,8-9,15,18,20H,7H2,1H3,(H,22,23)/t15-/m0/s1. The molecule has 0 spiro atoms. The van der Waals surface area contributed by atoms with E-state index in [1.807, 2.05) is 24.3 Å². The van der Waals surface area contributed by atoms with Crippen molar-refractivity contribution in [3.63, 3.8) is 0 Å². The van der Waals surface area contributed by atoms with Gasteiger partial charge in [0.2, 0.25) is 0 Å². The summed E-state index contributed by atoms with van der Waals surface area (Å²) in [5.74, 6) is -1.26. The molecule has 0 radical (unpaired) electrons. The van der Waals surface area contributed by atoms with Gasteiger partial charge in [-0.3, -0.25) is 9.36 Å². The number of carboxylic acids is 1. The number of nitrogens with one attached hydrogen (secondary N) is 1. The van der Waals surface area contributed by atoms with Crippen molar-refractivity contribution in [3.05, 3.63) is 64.2 Å². The Labute approximate surface area is 131 Å². The van der Waals surface area contributed by atoms with Gasteiger partial charge in [-0.25, -0.2) is 4.79 Å². The topological polar surface area (TPSA) is 95.3 Å². The number of rotatable bonds is 4. The number of carboxylic acid groups (broad SMARTS) is 1. The van der Waals surface area contributed by atoms with Crippen LogP contribution in [0.25, 0.3) is 10.9 Å². The molecular formula is C17H16N2O4. The number of aromatic nitrogens is 2. The summed E-state index contributed by atoms with van der Waals surface area (Å²) in [6.07, 6.45) is 1.94. The minimum absolute atomic E-state index is 0.167. The van der Waals surface area contributed by atoms with Gasteiger partial charge < -0.3 is 15.2 Å². The van der Waals surface area contributed by atoms with Crippen LogP contribution in [-0.4, -0.2) is 25.7 Å². The van der Waals surface area contributed by atoms with Crippen LogP contribution in [0.2, 0.25) is 0 Å². The zero-order valence-corrected chi connectivity index (χ0v) is 12.5. The number of fused-ring (bicyclic) bond motifs is 1. The summed E-state index contributed by atoms with van der Waals surface area (Å²) in [4.78, 5) is 27.0. The van der Waals surface area contributed by atoms with Crippen molar-refractivity contribution in [2.75, 3.05) is 0 Å². The summed E-state index contributed by atoms with van der Waals surface area (Å²) in [5.41, 5.74) is 1.62. The van der Waals surface area contributed by atoms with E-state index in [1.54, 1.807) is 13.1 Å². The average molecular weight is 312 g/mol. The summed E-state index contributed by atoms with van der Waals surface area (Å²) in [6.45, 7) is 1.60. The molecule has 0 aliphatic heterocycles. The molecule has 2 heterocycles. The van der Waals surface area contributed by atoms with Crippen LogP contribution in [0.4, 0.5) is 0 Å². The number of aryl methyl sites for hydroxylation is 1. The van der Waals surface area contributed by atoms with Gasteiger partial charge in [0.1, 0.15) is 11.8 Å². The predicted molar refractivity (Wildman–Crippen MR) is 85.8 cm³/mol. The van der Waals surface area contributed by atoms with E-state index in [4.69, 9.17) is 0 Å². The molecule has 3 aromatic rings. The molecule has 0 unspecified atom stereocenters. The highest BCUT2D eigenvalue weighted by Gasteiger charge is 2.24. The van der Waals surface area contributed by atoms with Crippen LogP contribution in [0.3, 0.4) is 0 Å². The number of nitrogens with zero attached hydrogens (tertiary/aromatic N) is 1. The van der Waals surface area contributed by atoms with Crippen LogP contribution >= 0.6 is 0 Å². The van der Waals surface area contributed by atoms with Crippen LogP contribution < -0.4 is 5.56 Å². The van der Waals surface area contributed by atoms with Crippen molar-refractivity contribution in [2.45, 2.75) is 19.4 Å². The van der Waals surface area contributed by atoms with Crippen molar-refractivity contribution in [2.24, 2.45) is 0 Å². The number of para-hydroxylation sites is 1. The van der Waals surface area contributed by atoms with Crippen molar-refractivity contribution >= 4 is 16.9 Å². The van der Waals surface area contributed by atoms with Crippen LogP contribution in [0, 0.1) is 6.92 Å². The third-order valence-electron chi connectivity index (χ3n) is 3.93. The van der Waals surface area contributed by atoms with Crippen molar-refractivity contribution in [1.82, 2.24) is 9.55 Å². The molecule has 0 aliphatic rings. The molecule has 1 aromatic carbocycles. The minimum atomic E-state index is -1.09. The monoisotopic (exact) mass is 312 g/mol. The number of aromatic hydroxyl groups is 1. The summed E-state index contributed by atoms with van der Waals surface area (Å²) >= 11 is 0. The Bertz CT molecular complexity index is 939. The first-order chi connectivity index (χ1) is 11.0. The zero-order valence-electron chi connectivity index (χ0n) is 12.5. The van der Waals surface area contributed by atoms with E-state index in [0.717, 1.165) is 22.5 Å². The normalized spacial score (nSPS) is 12.4. The number of hydrogen-bond donors (Lipinski definition) is 3. The lowest BCUT2D eigenvalue weighted by Crippen LogP contribution is -2.32. The van der Waals surface area contributed by atoms with E-state index in [1.165, 1.54) is 10.6 Å². The summed E-state index contributed by atoms with van der Waals surface area (Å²) in [6, 6.07) is 8.96. The molecule has 3 N–H and O–H groups in total. The maximum atomic E-state index is 12.1. The third-order valence-corrected chi connectivity index (χ3v) is 3.93. The van der Waals surface area contributed by atoms with E-state index < -0.39 is 17.6 Å². The molecule has 6 nitrogen and oxygen atoms in total. The smallest absolute Gasteiger partial charge is 0.327 e. The van der Waals surface area contributed by atoms with Crippen LogP contribution in [0.5, 0.6) is 5.75 Å². The number of pyridine rings is 1. The van der Waals surface area contributed by atoms with Crippen molar-refractivity contribution in [3.8, 4) is 5.75 Å². The molecule has 1 atom stereocenters. The fourth-order valence-electron chi connectivity index (χ4n) is 2.89. The molecule has 3 rings (SSSR count). The second kappa shape index (κ2) is 5.64. The number of aliphatic carboxylic acids is 1. The van der Waals surface area contributed by atoms with Gasteiger partial charge >= 0.3 is 5.97 Å². The molecule has 0 amide bonds. The molecule has 0 fully saturated rings. The number of benzene rings is 1. The lowest BCUT2D eigenvalue weighted by Gasteiger charge is -2.18. The largest absolute Gasteiger partial charge is 0.508 e. The van der Waals surface area contributed by atoms with Gasteiger partial charge in [0.05, 0.1) is 0 Å². The molecule has 0 saturated heterocycles. The first kappa shape index (κ1) is 14.9. The highest BCUT2D eigenvalue weighted by molar-refractivity contribution is 5.84. The number of carbonyl (C=O) groups is 1. The third kappa shape index (κ3) is 2.70. The van der Waals surface area contributed by atoms with E-state index in [9.17, 15) is 19.8 Å². The second-order valence-corrected chi connectivity index (χ2v) is 5.48. The van der Waals surface area contributed by atoms with E-state index >= 15 is 0 Å². The zero-order chi connectivity index (χ0) is 16.6. The Balaban J connectivity index is 2.07. The quantitative estimate of drug-likeness (QED) is 0.688. The predicted octanol–water partition coefficient (Wildman–Crippen LogP) is 2.21. The fraction of sp³-hybridized carbons (Fsp3) is 0.176. The van der Waals surface area contributed by atoms with Crippen molar-refractivity contribution < 1.29 is 15.0 Å². The molecule has 118 valence electrons. The Kier molecular flexibility index (Phi) is 3.65.